The van der Waals surface area contributed by atoms with Crippen molar-refractivity contribution in [3.8, 4) is 0 Å². The molecule has 2 atom stereocenters. The van der Waals surface area contributed by atoms with Crippen molar-refractivity contribution in [3.63, 3.8) is 0 Å². The summed E-state index contributed by atoms with van der Waals surface area (Å²) in [6.07, 6.45) is 5.70. The van der Waals surface area contributed by atoms with Gasteiger partial charge in [-0.05, 0) is 0 Å². The summed E-state index contributed by atoms with van der Waals surface area (Å²) in [5.74, 6) is 0.986. The van der Waals surface area contributed by atoms with E-state index in [9.17, 15) is 9.59 Å². The van der Waals surface area contributed by atoms with Crippen molar-refractivity contribution in [1.82, 2.24) is 9.55 Å². The summed E-state index contributed by atoms with van der Waals surface area (Å²) in [4.78, 5) is 25.3. The normalized spacial score (nSPS) is 21.8. The molecule has 0 saturated heterocycles. The van der Waals surface area contributed by atoms with Gasteiger partial charge >= 0.3 is 125 Å². The topological polar surface area (TPSA) is 64.1 Å². The Morgan fingerprint density at radius 1 is 1.35 bits per heavy atom. The van der Waals surface area contributed by atoms with E-state index in [1.807, 2.05) is 16.1 Å². The molecule has 1 aliphatic rings. The monoisotopic (exact) mass is 358 g/mol. The molecular weight excluding hydrogens is 339 g/mol. The Morgan fingerprint density at radius 3 is 2.75 bits per heavy atom. The molecule has 0 fully saturated rings. The van der Waals surface area contributed by atoms with Gasteiger partial charge in [-0.15, -0.1) is 0 Å². The first-order chi connectivity index (χ1) is 9.45. The van der Waals surface area contributed by atoms with Crippen LogP contribution in [0, 0.1) is 6.92 Å². The minimum atomic E-state index is -0.689. The molecule has 0 aromatic carbocycles. The average molecular weight is 358 g/mol. The maximum atomic E-state index is 11.7. The van der Waals surface area contributed by atoms with Crippen molar-refractivity contribution in [2.45, 2.75) is 37.1 Å². The molecule has 2 heterocycles. The molecule has 2 unspecified atom stereocenters. The number of hydrogen-bond donors (Lipinski definition) is 1. The number of H-pyrrole nitrogens is 1. The summed E-state index contributed by atoms with van der Waals surface area (Å²) >= 11 is -0.689. The van der Waals surface area contributed by atoms with Crippen LogP contribution in [0.4, 0.5) is 0 Å². The van der Waals surface area contributed by atoms with Crippen LogP contribution in [0.2, 0.25) is 11.4 Å². The molecule has 7 heteroatoms. The van der Waals surface area contributed by atoms with Crippen molar-refractivity contribution in [3.05, 3.63) is 44.8 Å². The number of aryl methyl sites for hydroxylation is 1. The zero-order valence-corrected chi connectivity index (χ0v) is 14.5. The summed E-state index contributed by atoms with van der Waals surface area (Å²) in [6.45, 7) is 2.13. The first-order valence-corrected chi connectivity index (χ1v) is 13.4. The Bertz CT molecular complexity index is 608. The Balaban J connectivity index is 1.96. The van der Waals surface area contributed by atoms with Crippen LogP contribution in [0.15, 0.2) is 27.9 Å². The predicted octanol–water partition coefficient (Wildman–Crippen LogP) is 1.15. The van der Waals surface area contributed by atoms with E-state index in [4.69, 9.17) is 4.74 Å². The Labute approximate surface area is 125 Å². The van der Waals surface area contributed by atoms with Crippen LogP contribution in [0.25, 0.3) is 0 Å². The first-order valence-electron chi connectivity index (χ1n) is 6.40. The van der Waals surface area contributed by atoms with Gasteiger partial charge in [0.05, 0.1) is 0 Å². The fourth-order valence-electron chi connectivity index (χ4n) is 1.93. The van der Waals surface area contributed by atoms with E-state index in [1.54, 1.807) is 13.1 Å². The van der Waals surface area contributed by atoms with Gasteiger partial charge in [0.15, 0.2) is 0 Å². The van der Waals surface area contributed by atoms with Gasteiger partial charge in [-0.1, -0.05) is 0 Å². The number of rotatable bonds is 5. The van der Waals surface area contributed by atoms with Crippen LogP contribution in [0.1, 0.15) is 5.56 Å². The van der Waals surface area contributed by atoms with Crippen LogP contribution >= 0.6 is 10.0 Å². The summed E-state index contributed by atoms with van der Waals surface area (Å²) in [7, 11) is 2.00. The SMILES string of the molecule is Cc1cn(CC2C=CC(CS[As](C)C)O2)c(=O)[nH]c1=O. The molecule has 0 radical (unpaired) electrons. The third kappa shape index (κ3) is 4.14. The number of hydrogen-bond acceptors (Lipinski definition) is 4. The second kappa shape index (κ2) is 6.83. The molecule has 20 heavy (non-hydrogen) atoms. The van der Waals surface area contributed by atoms with Crippen molar-refractivity contribution in [2.75, 3.05) is 5.75 Å². The van der Waals surface area contributed by atoms with Crippen LogP contribution in [0.3, 0.4) is 0 Å². The van der Waals surface area contributed by atoms with Crippen LogP contribution in [-0.2, 0) is 11.3 Å². The van der Waals surface area contributed by atoms with Gasteiger partial charge in [0, 0.05) is 0 Å². The van der Waals surface area contributed by atoms with Crippen LogP contribution in [-0.4, -0.2) is 41.0 Å². The molecule has 2 rings (SSSR count). The van der Waals surface area contributed by atoms with Crippen molar-refractivity contribution in [1.29, 1.82) is 0 Å². The van der Waals surface area contributed by atoms with E-state index < -0.39 is 13.5 Å². The number of nitrogens with zero attached hydrogens (tertiary/aromatic N) is 1. The van der Waals surface area contributed by atoms with Gasteiger partial charge in [-0.25, -0.2) is 0 Å². The zero-order valence-electron chi connectivity index (χ0n) is 11.8. The zero-order chi connectivity index (χ0) is 14.7. The van der Waals surface area contributed by atoms with Gasteiger partial charge in [0.25, 0.3) is 0 Å². The van der Waals surface area contributed by atoms with E-state index in [0.29, 0.717) is 12.1 Å². The van der Waals surface area contributed by atoms with Crippen LogP contribution < -0.4 is 11.2 Å². The summed E-state index contributed by atoms with van der Waals surface area (Å²) in [6, 6.07) is 0. The molecule has 1 N–H and O–H groups in total. The Hall–Kier alpha value is -0.712. The van der Waals surface area contributed by atoms with Gasteiger partial charge in [-0.3, -0.25) is 0 Å². The van der Waals surface area contributed by atoms with Gasteiger partial charge in [-0.2, -0.15) is 0 Å². The fourth-order valence-corrected chi connectivity index (χ4v) is 5.37. The van der Waals surface area contributed by atoms with E-state index in [0.717, 1.165) is 5.75 Å². The molecule has 110 valence electrons. The van der Waals surface area contributed by atoms with Gasteiger partial charge in [0.2, 0.25) is 0 Å². The third-order valence-corrected chi connectivity index (χ3v) is 8.14. The predicted molar refractivity (Wildman–Crippen MR) is 83.8 cm³/mol. The van der Waals surface area contributed by atoms with E-state index in [-0.39, 0.29) is 23.5 Å². The Morgan fingerprint density at radius 2 is 2.05 bits per heavy atom. The molecule has 0 bridgehead atoms. The van der Waals surface area contributed by atoms with Crippen LogP contribution in [0.5, 0.6) is 0 Å². The molecule has 1 aromatic rings. The van der Waals surface area contributed by atoms with Gasteiger partial charge in [0.1, 0.15) is 0 Å². The van der Waals surface area contributed by atoms with E-state index in [1.165, 1.54) is 4.57 Å². The molecule has 0 saturated carbocycles. The molecule has 1 aromatic heterocycles. The molecule has 0 spiro atoms. The summed E-state index contributed by atoms with van der Waals surface area (Å²) in [5.41, 5.74) is 4.42. The quantitative estimate of drug-likeness (QED) is 0.634. The summed E-state index contributed by atoms with van der Waals surface area (Å²) in [5, 5.41) is 0. The molecule has 0 aliphatic carbocycles. The molecular formula is C13H19AsN2O3S. The summed E-state index contributed by atoms with van der Waals surface area (Å²) < 4.78 is 7.38. The fraction of sp³-hybridized carbons (Fsp3) is 0.538. The number of aromatic amines is 1. The maximum absolute atomic E-state index is 11.7. The van der Waals surface area contributed by atoms with Crippen molar-refractivity contribution < 1.29 is 4.74 Å². The standard InChI is InChI=1S/C13H19AsN2O3S/c1-9-6-16(13(18)15-12(9)17)7-10-4-5-11(19-10)8-20-14(2)3/h4-6,10-11H,7-8H2,1-3H3,(H,15,17,18). The first kappa shape index (κ1) is 15.7. The third-order valence-electron chi connectivity index (χ3n) is 2.95. The number of nitrogens with one attached hydrogen (secondary N) is 1. The van der Waals surface area contributed by atoms with E-state index >= 15 is 0 Å². The van der Waals surface area contributed by atoms with Crippen molar-refractivity contribution in [2.24, 2.45) is 0 Å². The molecule has 1 aliphatic heterocycles. The minimum absolute atomic E-state index is 0.0988. The second-order valence-corrected chi connectivity index (χ2v) is 14.3. The molecule has 5 nitrogen and oxygen atoms in total. The number of ether oxygens (including phenoxy) is 1. The van der Waals surface area contributed by atoms with Crippen molar-refractivity contribution >= 4 is 23.5 Å². The average Bonchev–Trinajstić information content (AvgIpc) is 2.81. The number of aromatic nitrogens is 2. The van der Waals surface area contributed by atoms with Gasteiger partial charge < -0.3 is 0 Å². The Kier molecular flexibility index (Phi) is 5.35. The second-order valence-electron chi connectivity index (χ2n) is 4.93. The molecule has 0 amide bonds. The van der Waals surface area contributed by atoms with E-state index in [2.05, 4.69) is 22.5 Å².